The van der Waals surface area contributed by atoms with Gasteiger partial charge in [0.15, 0.2) is 6.10 Å². The second kappa shape index (κ2) is 8.70. The molecule has 1 atom stereocenters. The van der Waals surface area contributed by atoms with E-state index in [1.54, 1.807) is 43.3 Å². The first-order chi connectivity index (χ1) is 14.9. The van der Waals surface area contributed by atoms with E-state index in [0.717, 1.165) is 11.1 Å². The third kappa shape index (κ3) is 4.35. The average Bonchev–Trinajstić information content (AvgIpc) is 2.79. The number of benzene rings is 3. The number of nitrogens with zero attached hydrogens (tertiary/aromatic N) is 1. The lowest BCUT2D eigenvalue weighted by molar-refractivity contribution is 0.0320. The van der Waals surface area contributed by atoms with Crippen molar-refractivity contribution in [3.05, 3.63) is 101 Å². The molecule has 0 saturated carbocycles. The van der Waals surface area contributed by atoms with Crippen molar-refractivity contribution >= 4 is 34.3 Å². The van der Waals surface area contributed by atoms with Crippen molar-refractivity contribution in [3.8, 4) is 11.3 Å². The van der Waals surface area contributed by atoms with E-state index in [4.69, 9.17) is 16.3 Å². The summed E-state index contributed by atoms with van der Waals surface area (Å²) in [6.45, 7) is 3.52. The van der Waals surface area contributed by atoms with Gasteiger partial charge in [0, 0.05) is 16.5 Å². The average molecular weight is 430 g/mol. The smallest absolute Gasteiger partial charge is 0.339 e. The zero-order chi connectivity index (χ0) is 22.0. The standard InChI is InChI=1S/C26H20ClNO3/c1-16-11-13-19(14-12-16)25(29)17(2)31-26(30)21-15-23(18-7-4-3-5-8-18)28-24-20(21)9-6-10-22(24)27/h3-15,17H,1-2H3. The number of pyridine rings is 1. The molecule has 1 aromatic heterocycles. The summed E-state index contributed by atoms with van der Waals surface area (Å²) in [4.78, 5) is 30.5. The molecule has 0 fully saturated rings. The van der Waals surface area contributed by atoms with Gasteiger partial charge in [-0.1, -0.05) is 83.9 Å². The Morgan fingerprint density at radius 1 is 0.935 bits per heavy atom. The van der Waals surface area contributed by atoms with Gasteiger partial charge in [0.25, 0.3) is 0 Å². The number of rotatable bonds is 5. The van der Waals surface area contributed by atoms with Crippen LogP contribution in [-0.2, 0) is 4.74 Å². The highest BCUT2D eigenvalue weighted by atomic mass is 35.5. The number of Topliss-reactive ketones (excluding diaryl/α,β-unsaturated/α-hetero) is 1. The van der Waals surface area contributed by atoms with E-state index in [1.807, 2.05) is 49.4 Å². The van der Waals surface area contributed by atoms with Gasteiger partial charge in [0.2, 0.25) is 5.78 Å². The second-order valence-corrected chi connectivity index (χ2v) is 7.74. The molecule has 0 aliphatic heterocycles. The molecule has 1 unspecified atom stereocenters. The van der Waals surface area contributed by atoms with E-state index in [9.17, 15) is 9.59 Å². The van der Waals surface area contributed by atoms with Gasteiger partial charge in [-0.05, 0) is 26.0 Å². The SMILES string of the molecule is Cc1ccc(C(=O)C(C)OC(=O)c2cc(-c3ccccc3)nc3c(Cl)cccc23)cc1. The number of esters is 1. The minimum Gasteiger partial charge on any atom is -0.451 e. The lowest BCUT2D eigenvalue weighted by Crippen LogP contribution is -2.24. The molecule has 4 aromatic rings. The van der Waals surface area contributed by atoms with Crippen molar-refractivity contribution in [1.82, 2.24) is 4.98 Å². The van der Waals surface area contributed by atoms with Crippen molar-refractivity contribution in [1.29, 1.82) is 0 Å². The Morgan fingerprint density at radius 2 is 1.65 bits per heavy atom. The Balaban J connectivity index is 1.70. The Bertz CT molecular complexity index is 1270. The molecule has 0 saturated heterocycles. The van der Waals surface area contributed by atoms with Crippen LogP contribution in [0.1, 0.15) is 33.2 Å². The van der Waals surface area contributed by atoms with Crippen LogP contribution >= 0.6 is 11.6 Å². The molecule has 31 heavy (non-hydrogen) atoms. The van der Waals surface area contributed by atoms with Crippen LogP contribution in [0.5, 0.6) is 0 Å². The molecule has 0 spiro atoms. The van der Waals surface area contributed by atoms with Crippen LogP contribution in [0.2, 0.25) is 5.02 Å². The van der Waals surface area contributed by atoms with Gasteiger partial charge in [-0.2, -0.15) is 0 Å². The lowest BCUT2D eigenvalue weighted by Gasteiger charge is -2.15. The maximum atomic E-state index is 13.1. The Hall–Kier alpha value is -3.50. The summed E-state index contributed by atoms with van der Waals surface area (Å²) in [6.07, 6.45) is -0.933. The van der Waals surface area contributed by atoms with Crippen molar-refractivity contribution in [2.75, 3.05) is 0 Å². The molecule has 3 aromatic carbocycles. The molecule has 4 nitrogen and oxygen atoms in total. The molecule has 0 bridgehead atoms. The summed E-state index contributed by atoms with van der Waals surface area (Å²) in [5, 5.41) is 1.01. The number of ether oxygens (including phenoxy) is 1. The van der Waals surface area contributed by atoms with Gasteiger partial charge in [-0.15, -0.1) is 0 Å². The highest BCUT2D eigenvalue weighted by molar-refractivity contribution is 6.35. The Morgan fingerprint density at radius 3 is 2.35 bits per heavy atom. The van der Waals surface area contributed by atoms with Crippen LogP contribution in [0, 0.1) is 6.92 Å². The molecular formula is C26H20ClNO3. The monoisotopic (exact) mass is 429 g/mol. The molecule has 0 aliphatic carbocycles. The summed E-state index contributed by atoms with van der Waals surface area (Å²) in [7, 11) is 0. The van der Waals surface area contributed by atoms with Gasteiger partial charge in [0.1, 0.15) is 0 Å². The van der Waals surface area contributed by atoms with E-state index in [2.05, 4.69) is 4.98 Å². The summed E-state index contributed by atoms with van der Waals surface area (Å²) >= 11 is 6.37. The highest BCUT2D eigenvalue weighted by Gasteiger charge is 2.23. The van der Waals surface area contributed by atoms with E-state index in [0.29, 0.717) is 32.7 Å². The van der Waals surface area contributed by atoms with Crippen LogP contribution in [0.25, 0.3) is 22.2 Å². The summed E-state index contributed by atoms with van der Waals surface area (Å²) in [5.74, 6) is -0.854. The van der Waals surface area contributed by atoms with Crippen LogP contribution in [0.4, 0.5) is 0 Å². The number of ketones is 1. The fourth-order valence-electron chi connectivity index (χ4n) is 3.37. The maximum absolute atomic E-state index is 13.1. The van der Waals surface area contributed by atoms with Crippen molar-refractivity contribution in [2.45, 2.75) is 20.0 Å². The van der Waals surface area contributed by atoms with Gasteiger partial charge in [-0.3, -0.25) is 4.79 Å². The number of halogens is 1. The van der Waals surface area contributed by atoms with Crippen molar-refractivity contribution in [2.24, 2.45) is 0 Å². The van der Waals surface area contributed by atoms with Crippen LogP contribution in [-0.4, -0.2) is 22.8 Å². The molecule has 154 valence electrons. The Kier molecular flexibility index (Phi) is 5.83. The summed E-state index contributed by atoms with van der Waals surface area (Å²) < 4.78 is 5.56. The van der Waals surface area contributed by atoms with Crippen LogP contribution in [0.3, 0.4) is 0 Å². The molecule has 0 aliphatic rings. The molecule has 4 rings (SSSR count). The summed E-state index contributed by atoms with van der Waals surface area (Å²) in [6, 6.07) is 23.6. The van der Waals surface area contributed by atoms with E-state index in [-0.39, 0.29) is 5.78 Å². The number of aromatic nitrogens is 1. The quantitative estimate of drug-likeness (QED) is 0.276. The second-order valence-electron chi connectivity index (χ2n) is 7.33. The fourth-order valence-corrected chi connectivity index (χ4v) is 3.59. The molecular weight excluding hydrogens is 410 g/mol. The zero-order valence-electron chi connectivity index (χ0n) is 17.1. The zero-order valence-corrected chi connectivity index (χ0v) is 17.9. The Labute approximate surface area is 185 Å². The van der Waals surface area contributed by atoms with Crippen molar-refractivity contribution in [3.63, 3.8) is 0 Å². The van der Waals surface area contributed by atoms with Gasteiger partial charge < -0.3 is 4.74 Å². The third-order valence-corrected chi connectivity index (χ3v) is 5.37. The number of carbonyl (C=O) groups excluding carboxylic acids is 2. The minimum absolute atomic E-state index is 0.256. The van der Waals surface area contributed by atoms with E-state index < -0.39 is 12.1 Å². The number of aryl methyl sites for hydroxylation is 1. The van der Waals surface area contributed by atoms with Crippen LogP contribution < -0.4 is 0 Å². The van der Waals surface area contributed by atoms with E-state index in [1.165, 1.54) is 0 Å². The number of carbonyl (C=O) groups is 2. The van der Waals surface area contributed by atoms with Gasteiger partial charge in [0.05, 0.1) is 21.8 Å². The van der Waals surface area contributed by atoms with Gasteiger partial charge >= 0.3 is 5.97 Å². The predicted octanol–water partition coefficient (Wildman–Crippen LogP) is 6.29. The number of hydrogen-bond acceptors (Lipinski definition) is 4. The molecule has 0 radical (unpaired) electrons. The summed E-state index contributed by atoms with van der Waals surface area (Å²) in [5.41, 5.74) is 3.82. The lowest BCUT2D eigenvalue weighted by atomic mass is 10.0. The highest BCUT2D eigenvalue weighted by Crippen LogP contribution is 2.29. The van der Waals surface area contributed by atoms with Crippen LogP contribution in [0.15, 0.2) is 78.9 Å². The predicted molar refractivity (Wildman–Crippen MR) is 123 cm³/mol. The third-order valence-electron chi connectivity index (χ3n) is 5.07. The maximum Gasteiger partial charge on any atom is 0.339 e. The molecule has 5 heteroatoms. The largest absolute Gasteiger partial charge is 0.451 e. The molecule has 1 heterocycles. The molecule has 0 N–H and O–H groups in total. The van der Waals surface area contributed by atoms with E-state index >= 15 is 0 Å². The normalized spacial score (nSPS) is 11.8. The fraction of sp³-hybridized carbons (Fsp3) is 0.115. The molecule has 0 amide bonds. The number of para-hydroxylation sites is 1. The first kappa shape index (κ1) is 20.8. The number of hydrogen-bond donors (Lipinski definition) is 0. The number of fused-ring (bicyclic) bond motifs is 1. The van der Waals surface area contributed by atoms with Crippen molar-refractivity contribution < 1.29 is 14.3 Å². The van der Waals surface area contributed by atoms with Gasteiger partial charge in [-0.25, -0.2) is 9.78 Å². The topological polar surface area (TPSA) is 56.3 Å². The minimum atomic E-state index is -0.933. The first-order valence-corrected chi connectivity index (χ1v) is 10.3. The first-order valence-electron chi connectivity index (χ1n) is 9.90.